The van der Waals surface area contributed by atoms with E-state index in [1.54, 1.807) is 13.0 Å². The van der Waals surface area contributed by atoms with Crippen LogP contribution in [0.4, 0.5) is 0 Å². The average molecular weight is 289 g/mol. The maximum atomic E-state index is 11.6. The molecule has 0 aliphatic rings. The van der Waals surface area contributed by atoms with Crippen LogP contribution in [0, 0.1) is 11.3 Å². The molecule has 80 valence electrons. The van der Waals surface area contributed by atoms with Crippen molar-refractivity contribution in [3.05, 3.63) is 28.2 Å². The van der Waals surface area contributed by atoms with Crippen molar-refractivity contribution < 1.29 is 8.42 Å². The van der Waals surface area contributed by atoms with Gasteiger partial charge in [-0.15, -0.1) is 0 Å². The van der Waals surface area contributed by atoms with Gasteiger partial charge < -0.3 is 0 Å². The van der Waals surface area contributed by atoms with Crippen molar-refractivity contribution in [2.45, 2.75) is 11.8 Å². The summed E-state index contributed by atoms with van der Waals surface area (Å²) in [6.45, 7) is 1.98. The highest BCUT2D eigenvalue weighted by Gasteiger charge is 2.17. The number of nitriles is 1. The summed E-state index contributed by atoms with van der Waals surface area (Å²) in [7, 11) is -3.56. The molecule has 1 rings (SSSR count). The van der Waals surface area contributed by atoms with E-state index in [1.165, 1.54) is 12.1 Å². The normalized spacial score (nSPS) is 11.0. The number of benzene rings is 1. The van der Waals surface area contributed by atoms with E-state index in [0.29, 0.717) is 11.0 Å². The standard InChI is InChI=1S/C9H9BrN2O2S/c1-2-12-15(13,14)9-4-3-8(10)5-7(9)6-11/h3-5,12H,2H2,1H3. The number of halogens is 1. The Morgan fingerprint density at radius 3 is 2.73 bits per heavy atom. The lowest BCUT2D eigenvalue weighted by molar-refractivity contribution is 0.583. The first-order valence-electron chi connectivity index (χ1n) is 4.20. The molecule has 0 saturated carbocycles. The molecule has 0 aliphatic carbocycles. The molecule has 0 amide bonds. The van der Waals surface area contributed by atoms with Gasteiger partial charge >= 0.3 is 0 Å². The molecule has 0 fully saturated rings. The van der Waals surface area contributed by atoms with E-state index in [9.17, 15) is 8.42 Å². The summed E-state index contributed by atoms with van der Waals surface area (Å²) in [6, 6.07) is 6.32. The predicted octanol–water partition coefficient (Wildman–Crippen LogP) is 1.62. The van der Waals surface area contributed by atoms with Gasteiger partial charge in [-0.3, -0.25) is 0 Å². The summed E-state index contributed by atoms with van der Waals surface area (Å²) in [5, 5.41) is 8.81. The molecule has 0 bridgehead atoms. The molecule has 1 N–H and O–H groups in total. The van der Waals surface area contributed by atoms with Crippen molar-refractivity contribution in [3.8, 4) is 6.07 Å². The minimum absolute atomic E-state index is 0.00931. The Bertz CT molecular complexity index is 505. The quantitative estimate of drug-likeness (QED) is 0.919. The summed E-state index contributed by atoms with van der Waals surface area (Å²) in [4.78, 5) is 0.00931. The van der Waals surface area contributed by atoms with Crippen LogP contribution >= 0.6 is 15.9 Å². The van der Waals surface area contributed by atoms with Gasteiger partial charge in [0.1, 0.15) is 6.07 Å². The van der Waals surface area contributed by atoms with Gasteiger partial charge in [0.15, 0.2) is 0 Å². The van der Waals surface area contributed by atoms with Gasteiger partial charge in [0.25, 0.3) is 0 Å². The maximum Gasteiger partial charge on any atom is 0.241 e. The zero-order chi connectivity index (χ0) is 11.5. The van der Waals surface area contributed by atoms with E-state index in [-0.39, 0.29) is 10.5 Å². The lowest BCUT2D eigenvalue weighted by Crippen LogP contribution is -2.23. The van der Waals surface area contributed by atoms with E-state index in [0.717, 1.165) is 0 Å². The van der Waals surface area contributed by atoms with Crippen molar-refractivity contribution in [2.75, 3.05) is 6.54 Å². The van der Waals surface area contributed by atoms with E-state index >= 15 is 0 Å². The number of sulfonamides is 1. The monoisotopic (exact) mass is 288 g/mol. The largest absolute Gasteiger partial charge is 0.241 e. The number of rotatable bonds is 3. The molecule has 0 spiro atoms. The zero-order valence-electron chi connectivity index (χ0n) is 7.99. The van der Waals surface area contributed by atoms with Gasteiger partial charge in [0, 0.05) is 11.0 Å². The minimum Gasteiger partial charge on any atom is -0.211 e. The Morgan fingerprint density at radius 2 is 2.20 bits per heavy atom. The minimum atomic E-state index is -3.56. The summed E-state index contributed by atoms with van der Waals surface area (Å²) in [5.74, 6) is 0. The fourth-order valence-electron chi connectivity index (χ4n) is 1.09. The number of nitrogens with zero attached hydrogens (tertiary/aromatic N) is 1. The highest BCUT2D eigenvalue weighted by molar-refractivity contribution is 9.10. The molecule has 0 aromatic heterocycles. The average Bonchev–Trinajstić information content (AvgIpc) is 2.17. The SMILES string of the molecule is CCNS(=O)(=O)c1ccc(Br)cc1C#N. The van der Waals surface area contributed by atoms with Gasteiger partial charge in [-0.2, -0.15) is 5.26 Å². The third kappa shape index (κ3) is 2.78. The predicted molar refractivity (Wildman–Crippen MR) is 59.7 cm³/mol. The van der Waals surface area contributed by atoms with E-state index in [4.69, 9.17) is 5.26 Å². The van der Waals surface area contributed by atoms with Crippen molar-refractivity contribution in [1.82, 2.24) is 4.72 Å². The van der Waals surface area contributed by atoms with Gasteiger partial charge in [0.05, 0.1) is 10.5 Å². The third-order valence-electron chi connectivity index (χ3n) is 1.69. The molecule has 4 nitrogen and oxygen atoms in total. The van der Waals surface area contributed by atoms with E-state index in [1.807, 2.05) is 6.07 Å². The molecule has 1 aromatic rings. The van der Waals surface area contributed by atoms with Crippen LogP contribution in [-0.4, -0.2) is 15.0 Å². The van der Waals surface area contributed by atoms with Crippen LogP contribution in [-0.2, 0) is 10.0 Å². The van der Waals surface area contributed by atoms with Crippen LogP contribution in [0.3, 0.4) is 0 Å². The summed E-state index contributed by atoms with van der Waals surface area (Å²) >= 11 is 3.18. The fourth-order valence-corrected chi connectivity index (χ4v) is 2.63. The smallest absolute Gasteiger partial charge is 0.211 e. The molecule has 0 heterocycles. The molecule has 0 saturated heterocycles. The summed E-state index contributed by atoms with van der Waals surface area (Å²) in [6.07, 6.45) is 0. The molecule has 6 heteroatoms. The number of nitrogens with one attached hydrogen (secondary N) is 1. The Hall–Kier alpha value is -0.900. The second-order valence-electron chi connectivity index (χ2n) is 2.75. The number of hydrogen-bond donors (Lipinski definition) is 1. The van der Waals surface area contributed by atoms with Crippen molar-refractivity contribution >= 4 is 26.0 Å². The van der Waals surface area contributed by atoms with Crippen LogP contribution in [0.5, 0.6) is 0 Å². The molecule has 0 radical (unpaired) electrons. The molecular formula is C9H9BrN2O2S. The maximum absolute atomic E-state index is 11.6. The van der Waals surface area contributed by atoms with Crippen LogP contribution in [0.25, 0.3) is 0 Å². The highest BCUT2D eigenvalue weighted by atomic mass is 79.9. The van der Waals surface area contributed by atoms with Gasteiger partial charge in [-0.1, -0.05) is 22.9 Å². The molecule has 0 aliphatic heterocycles. The Kier molecular flexibility index (Phi) is 3.85. The molecule has 0 atom stereocenters. The second kappa shape index (κ2) is 4.75. The zero-order valence-corrected chi connectivity index (χ0v) is 10.4. The molecule has 15 heavy (non-hydrogen) atoms. The lowest BCUT2D eigenvalue weighted by atomic mass is 10.2. The fraction of sp³-hybridized carbons (Fsp3) is 0.222. The molecular weight excluding hydrogens is 280 g/mol. The third-order valence-corrected chi connectivity index (χ3v) is 3.78. The Labute approximate surface area is 97.1 Å². The van der Waals surface area contributed by atoms with Crippen molar-refractivity contribution in [1.29, 1.82) is 5.26 Å². The van der Waals surface area contributed by atoms with Gasteiger partial charge in [0.2, 0.25) is 10.0 Å². The first-order valence-corrected chi connectivity index (χ1v) is 6.48. The highest BCUT2D eigenvalue weighted by Crippen LogP contribution is 2.19. The Morgan fingerprint density at radius 1 is 1.53 bits per heavy atom. The van der Waals surface area contributed by atoms with Gasteiger partial charge in [-0.25, -0.2) is 13.1 Å². The number of hydrogen-bond acceptors (Lipinski definition) is 3. The van der Waals surface area contributed by atoms with Crippen LogP contribution in [0.1, 0.15) is 12.5 Å². The topological polar surface area (TPSA) is 70.0 Å². The van der Waals surface area contributed by atoms with E-state index < -0.39 is 10.0 Å². The molecule has 1 aromatic carbocycles. The summed E-state index contributed by atoms with van der Waals surface area (Å²) < 4.78 is 26.3. The van der Waals surface area contributed by atoms with E-state index in [2.05, 4.69) is 20.7 Å². The van der Waals surface area contributed by atoms with Crippen LogP contribution < -0.4 is 4.72 Å². The van der Waals surface area contributed by atoms with Crippen molar-refractivity contribution in [3.63, 3.8) is 0 Å². The lowest BCUT2D eigenvalue weighted by Gasteiger charge is -2.06. The second-order valence-corrected chi connectivity index (χ2v) is 5.40. The van der Waals surface area contributed by atoms with Crippen LogP contribution in [0.2, 0.25) is 0 Å². The molecule has 0 unspecified atom stereocenters. The first-order chi connectivity index (χ1) is 7.01. The Balaban J connectivity index is 3.33. The van der Waals surface area contributed by atoms with Gasteiger partial charge in [-0.05, 0) is 18.2 Å². The van der Waals surface area contributed by atoms with Crippen molar-refractivity contribution in [2.24, 2.45) is 0 Å². The first kappa shape index (κ1) is 12.2. The van der Waals surface area contributed by atoms with Crippen LogP contribution in [0.15, 0.2) is 27.6 Å². The summed E-state index contributed by atoms with van der Waals surface area (Å²) in [5.41, 5.74) is 0.130.